The number of ether oxygens (including phenoxy) is 1. The van der Waals surface area contributed by atoms with Crippen molar-refractivity contribution in [1.29, 1.82) is 0 Å². The lowest BCUT2D eigenvalue weighted by Crippen LogP contribution is -2.10. The van der Waals surface area contributed by atoms with Gasteiger partial charge in [0.15, 0.2) is 12.0 Å². The Balaban J connectivity index is 2.12. The quantitative estimate of drug-likeness (QED) is 0.311. The van der Waals surface area contributed by atoms with E-state index in [1.807, 2.05) is 6.92 Å². The van der Waals surface area contributed by atoms with Gasteiger partial charge >= 0.3 is 11.5 Å². The minimum Gasteiger partial charge on any atom is -0.465 e. The van der Waals surface area contributed by atoms with Gasteiger partial charge in [-0.25, -0.2) is 9.18 Å². The van der Waals surface area contributed by atoms with Crippen LogP contribution in [0.5, 0.6) is 0 Å². The summed E-state index contributed by atoms with van der Waals surface area (Å²) in [5.41, 5.74) is -1.62. The minimum atomic E-state index is -4.57. The molecule has 0 fully saturated rings. The number of halogens is 4. The average Bonchev–Trinajstić information content (AvgIpc) is 2.83. The lowest BCUT2D eigenvalue weighted by Gasteiger charge is -2.23. The molecule has 0 heterocycles. The smallest absolute Gasteiger partial charge is 0.465 e. The van der Waals surface area contributed by atoms with Crippen molar-refractivity contribution >= 4 is 23.8 Å². The fraction of sp³-hybridized carbons (Fsp3) is 0.381. The molecule has 156 valence electrons. The Morgan fingerprint density at radius 2 is 1.97 bits per heavy atom. The van der Waals surface area contributed by atoms with Crippen LogP contribution >= 0.6 is 12.0 Å². The van der Waals surface area contributed by atoms with E-state index < -0.39 is 23.5 Å². The highest BCUT2D eigenvalue weighted by Crippen LogP contribution is 2.44. The number of methoxy groups -OCH3 is 1. The van der Waals surface area contributed by atoms with Crippen molar-refractivity contribution in [2.24, 2.45) is 5.92 Å². The third-order valence-electron chi connectivity index (χ3n) is 4.96. The molecule has 2 aliphatic rings. The fourth-order valence-electron chi connectivity index (χ4n) is 3.67. The monoisotopic (exact) mass is 428 g/mol. The molecule has 0 saturated carbocycles. The highest BCUT2D eigenvalue weighted by atomic mass is 32.2. The van der Waals surface area contributed by atoms with Gasteiger partial charge in [-0.05, 0) is 60.1 Å². The molecule has 0 aliphatic heterocycles. The molecule has 2 aliphatic carbocycles. The van der Waals surface area contributed by atoms with Gasteiger partial charge in [-0.15, -0.1) is 0 Å². The van der Waals surface area contributed by atoms with E-state index >= 15 is 0 Å². The number of allylic oxidation sites excluding steroid dienone is 5. The highest BCUT2D eigenvalue weighted by molar-refractivity contribution is 7.95. The first-order valence-corrected chi connectivity index (χ1v) is 9.87. The zero-order valence-electron chi connectivity index (χ0n) is 15.9. The molecule has 1 atom stereocenters. The standard InChI is InChI=1S/C21H20F4O3S/c1-12-10-15(22)7-9-16(12)18-5-3-4-13-11-14(20(26)27-2)6-8-17(13)19(18)28-29-21(23,24)25/h6-9,11-12H,3-5,10H2,1-2H3. The van der Waals surface area contributed by atoms with Crippen LogP contribution in [0.15, 0.2) is 47.3 Å². The van der Waals surface area contributed by atoms with Gasteiger partial charge in [-0.2, -0.15) is 13.2 Å². The Bertz CT molecular complexity index is 900. The van der Waals surface area contributed by atoms with E-state index in [0.717, 1.165) is 5.57 Å². The van der Waals surface area contributed by atoms with Gasteiger partial charge in [0.2, 0.25) is 0 Å². The molecule has 29 heavy (non-hydrogen) atoms. The molecule has 0 amide bonds. The molecule has 0 aromatic heterocycles. The summed E-state index contributed by atoms with van der Waals surface area (Å²) in [6.45, 7) is 1.84. The van der Waals surface area contributed by atoms with Crippen molar-refractivity contribution in [2.75, 3.05) is 7.11 Å². The molecule has 0 spiro atoms. The van der Waals surface area contributed by atoms with Crippen LogP contribution in [-0.2, 0) is 15.3 Å². The van der Waals surface area contributed by atoms with Crippen molar-refractivity contribution in [3.63, 3.8) is 0 Å². The maximum absolute atomic E-state index is 13.6. The lowest BCUT2D eigenvalue weighted by molar-refractivity contribution is -0.0375. The van der Waals surface area contributed by atoms with E-state index in [0.29, 0.717) is 41.5 Å². The predicted molar refractivity (Wildman–Crippen MR) is 103 cm³/mol. The number of fused-ring (bicyclic) bond motifs is 1. The summed E-state index contributed by atoms with van der Waals surface area (Å²) in [6.07, 6.45) is 4.88. The lowest BCUT2D eigenvalue weighted by atomic mass is 9.84. The molecule has 0 bridgehead atoms. The molecule has 1 aromatic carbocycles. The number of hydrogen-bond acceptors (Lipinski definition) is 4. The van der Waals surface area contributed by atoms with E-state index in [4.69, 9.17) is 8.92 Å². The fourth-order valence-corrected chi connectivity index (χ4v) is 4.04. The number of esters is 1. The zero-order valence-corrected chi connectivity index (χ0v) is 16.8. The molecule has 0 saturated heterocycles. The van der Waals surface area contributed by atoms with Gasteiger partial charge in [0.1, 0.15) is 11.6 Å². The summed E-state index contributed by atoms with van der Waals surface area (Å²) >= 11 is -0.569. The van der Waals surface area contributed by atoms with Crippen LogP contribution < -0.4 is 0 Å². The van der Waals surface area contributed by atoms with Crippen molar-refractivity contribution in [2.45, 2.75) is 38.1 Å². The first-order chi connectivity index (χ1) is 13.7. The number of benzene rings is 1. The summed E-state index contributed by atoms with van der Waals surface area (Å²) in [4.78, 5) is 11.8. The van der Waals surface area contributed by atoms with Gasteiger partial charge in [-0.1, -0.05) is 19.1 Å². The summed E-state index contributed by atoms with van der Waals surface area (Å²) in [5.74, 6) is -0.839. The Hall–Kier alpha value is -2.22. The highest BCUT2D eigenvalue weighted by Gasteiger charge is 2.34. The Kier molecular flexibility index (Phi) is 6.41. The molecule has 3 nitrogen and oxygen atoms in total. The van der Waals surface area contributed by atoms with Crippen molar-refractivity contribution < 1.29 is 31.3 Å². The molecule has 0 radical (unpaired) electrons. The SMILES string of the molecule is COC(=O)c1ccc2c(c1)CCCC(C1=CC=C(F)CC1C)=C2OSC(F)(F)F. The molecule has 3 rings (SSSR count). The number of aryl methyl sites for hydroxylation is 1. The maximum atomic E-state index is 13.6. The predicted octanol–water partition coefficient (Wildman–Crippen LogP) is 6.52. The maximum Gasteiger partial charge on any atom is 0.479 e. The van der Waals surface area contributed by atoms with Crippen LogP contribution in [0.3, 0.4) is 0 Å². The summed E-state index contributed by atoms with van der Waals surface area (Å²) in [7, 11) is 1.27. The van der Waals surface area contributed by atoms with E-state index in [2.05, 4.69) is 0 Å². The minimum absolute atomic E-state index is 0.116. The largest absolute Gasteiger partial charge is 0.479 e. The number of carbonyl (C=O) groups is 1. The topological polar surface area (TPSA) is 35.5 Å². The summed E-state index contributed by atoms with van der Waals surface area (Å²) in [6, 6.07) is 4.72. The number of alkyl halides is 3. The Morgan fingerprint density at radius 1 is 1.21 bits per heavy atom. The third-order valence-corrected chi connectivity index (χ3v) is 5.40. The Morgan fingerprint density at radius 3 is 2.62 bits per heavy atom. The van der Waals surface area contributed by atoms with Gasteiger partial charge in [0.05, 0.1) is 12.7 Å². The number of rotatable bonds is 4. The van der Waals surface area contributed by atoms with Crippen LogP contribution in [0.1, 0.15) is 47.7 Å². The molecule has 1 unspecified atom stereocenters. The van der Waals surface area contributed by atoms with Crippen LogP contribution in [0.4, 0.5) is 17.6 Å². The van der Waals surface area contributed by atoms with Crippen LogP contribution in [-0.4, -0.2) is 18.6 Å². The Labute approximate surface area is 170 Å². The van der Waals surface area contributed by atoms with Gasteiger partial charge < -0.3 is 8.92 Å². The second-order valence-electron chi connectivity index (χ2n) is 6.98. The first kappa shape index (κ1) is 21.5. The number of hydrogen-bond donors (Lipinski definition) is 0. The second kappa shape index (κ2) is 8.65. The number of carbonyl (C=O) groups excluding carboxylic acids is 1. The zero-order chi connectivity index (χ0) is 21.2. The normalized spacial score (nSPS) is 19.7. The molecular weight excluding hydrogens is 408 g/mol. The van der Waals surface area contributed by atoms with E-state index in [-0.39, 0.29) is 23.9 Å². The van der Waals surface area contributed by atoms with Crippen LogP contribution in [0.2, 0.25) is 0 Å². The first-order valence-electron chi connectivity index (χ1n) is 9.13. The van der Waals surface area contributed by atoms with Crippen molar-refractivity contribution in [1.82, 2.24) is 0 Å². The second-order valence-corrected chi connectivity index (χ2v) is 7.77. The van der Waals surface area contributed by atoms with E-state index in [1.54, 1.807) is 18.2 Å². The van der Waals surface area contributed by atoms with E-state index in [9.17, 15) is 22.4 Å². The van der Waals surface area contributed by atoms with Crippen LogP contribution in [0.25, 0.3) is 5.76 Å². The van der Waals surface area contributed by atoms with Gasteiger partial charge in [-0.3, -0.25) is 0 Å². The molecule has 1 aromatic rings. The van der Waals surface area contributed by atoms with Crippen LogP contribution in [0, 0.1) is 5.92 Å². The molecular formula is C21H20F4O3S. The van der Waals surface area contributed by atoms with Crippen molar-refractivity contribution in [3.8, 4) is 0 Å². The average molecular weight is 428 g/mol. The van der Waals surface area contributed by atoms with Crippen molar-refractivity contribution in [3.05, 3.63) is 64.0 Å². The molecule has 0 N–H and O–H groups in total. The third kappa shape index (κ3) is 5.04. The summed E-state index contributed by atoms with van der Waals surface area (Å²) < 4.78 is 62.2. The summed E-state index contributed by atoms with van der Waals surface area (Å²) in [5, 5.41) is 0. The molecule has 8 heteroatoms. The van der Waals surface area contributed by atoms with Gasteiger partial charge in [0, 0.05) is 12.0 Å². The van der Waals surface area contributed by atoms with E-state index in [1.165, 1.54) is 19.3 Å². The van der Waals surface area contributed by atoms with Gasteiger partial charge in [0.25, 0.3) is 0 Å².